The van der Waals surface area contributed by atoms with Gasteiger partial charge in [0, 0.05) is 40.0 Å². The summed E-state index contributed by atoms with van der Waals surface area (Å²) < 4.78 is 22.0. The van der Waals surface area contributed by atoms with Crippen molar-refractivity contribution in [2.75, 3.05) is 40.5 Å². The molecule has 5 heteroatoms. The van der Waals surface area contributed by atoms with Crippen molar-refractivity contribution in [3.8, 4) is 0 Å². The SMILES string of the molecule is COC1C(C)OCCC1N1CCO[C@H](OC)C1. The van der Waals surface area contributed by atoms with E-state index in [1.165, 1.54) is 0 Å². The molecule has 4 atom stereocenters. The Bertz CT molecular complexity index is 239. The minimum Gasteiger partial charge on any atom is -0.377 e. The van der Waals surface area contributed by atoms with Crippen LogP contribution < -0.4 is 0 Å². The first kappa shape index (κ1) is 13.2. The maximum Gasteiger partial charge on any atom is 0.169 e. The maximum atomic E-state index is 5.64. The molecule has 0 aliphatic carbocycles. The Kier molecular flexibility index (Phi) is 4.76. The summed E-state index contributed by atoms with van der Waals surface area (Å²) in [6, 6.07) is 0.408. The van der Waals surface area contributed by atoms with Gasteiger partial charge in [0.1, 0.15) is 0 Å². The molecule has 0 bridgehead atoms. The zero-order chi connectivity index (χ0) is 12.3. The van der Waals surface area contributed by atoms with Crippen LogP contribution in [0.1, 0.15) is 13.3 Å². The first-order chi connectivity index (χ1) is 8.26. The molecule has 100 valence electrons. The molecule has 3 unspecified atom stereocenters. The summed E-state index contributed by atoms with van der Waals surface area (Å²) in [6.45, 7) is 5.36. The fourth-order valence-corrected chi connectivity index (χ4v) is 2.77. The Balaban J connectivity index is 1.98. The standard InChI is InChI=1S/C12H23NO4/c1-9-12(15-3)10(4-6-16-9)13-5-7-17-11(8-13)14-2/h9-12H,4-8H2,1-3H3/t9?,10?,11-,12?/m0/s1. The Morgan fingerprint density at radius 1 is 1.12 bits per heavy atom. The van der Waals surface area contributed by atoms with Crippen LogP contribution in [0.25, 0.3) is 0 Å². The third-order valence-corrected chi connectivity index (χ3v) is 3.71. The van der Waals surface area contributed by atoms with Crippen LogP contribution in [0.4, 0.5) is 0 Å². The molecule has 0 N–H and O–H groups in total. The van der Waals surface area contributed by atoms with E-state index in [1.54, 1.807) is 14.2 Å². The minimum absolute atomic E-state index is 0.112. The second kappa shape index (κ2) is 6.11. The molecule has 2 aliphatic rings. The highest BCUT2D eigenvalue weighted by atomic mass is 16.7. The summed E-state index contributed by atoms with van der Waals surface area (Å²) in [5, 5.41) is 0. The average Bonchev–Trinajstić information content (AvgIpc) is 2.38. The highest BCUT2D eigenvalue weighted by Gasteiger charge is 2.37. The average molecular weight is 245 g/mol. The van der Waals surface area contributed by atoms with Gasteiger partial charge in [-0.25, -0.2) is 0 Å². The van der Waals surface area contributed by atoms with Gasteiger partial charge in [-0.2, -0.15) is 0 Å². The lowest BCUT2D eigenvalue weighted by Crippen LogP contribution is -2.57. The lowest BCUT2D eigenvalue weighted by Gasteiger charge is -2.44. The van der Waals surface area contributed by atoms with Gasteiger partial charge < -0.3 is 18.9 Å². The molecule has 0 aromatic rings. The van der Waals surface area contributed by atoms with Gasteiger partial charge in [0.05, 0.1) is 18.8 Å². The van der Waals surface area contributed by atoms with Crippen LogP contribution in [0.3, 0.4) is 0 Å². The van der Waals surface area contributed by atoms with Gasteiger partial charge >= 0.3 is 0 Å². The molecule has 0 spiro atoms. The van der Waals surface area contributed by atoms with Gasteiger partial charge in [-0.05, 0) is 13.3 Å². The van der Waals surface area contributed by atoms with Crippen LogP contribution >= 0.6 is 0 Å². The molecule has 2 saturated heterocycles. The first-order valence-corrected chi connectivity index (χ1v) is 6.29. The second-order valence-electron chi connectivity index (χ2n) is 4.66. The molecule has 0 saturated carbocycles. The topological polar surface area (TPSA) is 40.2 Å². The van der Waals surface area contributed by atoms with Gasteiger partial charge in [0.25, 0.3) is 0 Å². The van der Waals surface area contributed by atoms with Gasteiger partial charge in [0.2, 0.25) is 0 Å². The van der Waals surface area contributed by atoms with E-state index in [0.29, 0.717) is 6.04 Å². The molecule has 0 aromatic carbocycles. The van der Waals surface area contributed by atoms with Gasteiger partial charge in [-0.1, -0.05) is 0 Å². The van der Waals surface area contributed by atoms with Crippen molar-refractivity contribution in [3.05, 3.63) is 0 Å². The van der Waals surface area contributed by atoms with Crippen molar-refractivity contribution < 1.29 is 18.9 Å². The summed E-state index contributed by atoms with van der Waals surface area (Å²) in [5.74, 6) is 0. The predicted molar refractivity (Wildman–Crippen MR) is 62.9 cm³/mol. The Morgan fingerprint density at radius 2 is 1.94 bits per heavy atom. The highest BCUT2D eigenvalue weighted by molar-refractivity contribution is 4.88. The highest BCUT2D eigenvalue weighted by Crippen LogP contribution is 2.24. The van der Waals surface area contributed by atoms with Crippen molar-refractivity contribution in [1.82, 2.24) is 4.90 Å². The fraction of sp³-hybridized carbons (Fsp3) is 1.00. The van der Waals surface area contributed by atoms with E-state index in [2.05, 4.69) is 11.8 Å². The molecule has 5 nitrogen and oxygen atoms in total. The van der Waals surface area contributed by atoms with Gasteiger partial charge in [-0.15, -0.1) is 0 Å². The van der Waals surface area contributed by atoms with Crippen molar-refractivity contribution in [2.24, 2.45) is 0 Å². The second-order valence-corrected chi connectivity index (χ2v) is 4.66. The molecule has 0 radical (unpaired) electrons. The third kappa shape index (κ3) is 2.98. The van der Waals surface area contributed by atoms with E-state index < -0.39 is 0 Å². The smallest absolute Gasteiger partial charge is 0.169 e. The molecule has 2 fully saturated rings. The normalized spacial score (nSPS) is 40.4. The number of hydrogen-bond acceptors (Lipinski definition) is 5. The van der Waals surface area contributed by atoms with Crippen molar-refractivity contribution in [1.29, 1.82) is 0 Å². The van der Waals surface area contributed by atoms with Gasteiger partial charge in [-0.3, -0.25) is 4.90 Å². The first-order valence-electron chi connectivity index (χ1n) is 6.29. The molecule has 17 heavy (non-hydrogen) atoms. The zero-order valence-electron chi connectivity index (χ0n) is 10.9. The van der Waals surface area contributed by atoms with Gasteiger partial charge in [0.15, 0.2) is 6.29 Å². The number of morpholine rings is 1. The van der Waals surface area contributed by atoms with Crippen LogP contribution in [0.2, 0.25) is 0 Å². The maximum absolute atomic E-state index is 5.64. The fourth-order valence-electron chi connectivity index (χ4n) is 2.77. The zero-order valence-corrected chi connectivity index (χ0v) is 10.9. The van der Waals surface area contributed by atoms with Crippen LogP contribution in [0.5, 0.6) is 0 Å². The Hall–Kier alpha value is -0.200. The predicted octanol–water partition coefficient (Wildman–Crippen LogP) is 0.484. The molecular formula is C12H23NO4. The van der Waals surface area contributed by atoms with E-state index in [4.69, 9.17) is 18.9 Å². The number of methoxy groups -OCH3 is 2. The monoisotopic (exact) mass is 245 g/mol. The van der Waals surface area contributed by atoms with Crippen molar-refractivity contribution in [2.45, 2.75) is 37.9 Å². The lowest BCUT2D eigenvalue weighted by atomic mass is 9.98. The Labute approximate surface area is 103 Å². The van der Waals surface area contributed by atoms with E-state index in [1.807, 2.05) is 0 Å². The third-order valence-electron chi connectivity index (χ3n) is 3.71. The minimum atomic E-state index is -0.112. The lowest BCUT2D eigenvalue weighted by molar-refractivity contribution is -0.193. The van der Waals surface area contributed by atoms with E-state index in [9.17, 15) is 0 Å². The number of nitrogens with zero attached hydrogens (tertiary/aromatic N) is 1. The summed E-state index contributed by atoms with van der Waals surface area (Å²) >= 11 is 0. The van der Waals surface area contributed by atoms with Crippen LogP contribution in [0.15, 0.2) is 0 Å². The number of ether oxygens (including phenoxy) is 4. The van der Waals surface area contributed by atoms with Crippen LogP contribution in [-0.2, 0) is 18.9 Å². The molecule has 0 amide bonds. The quantitative estimate of drug-likeness (QED) is 0.723. The van der Waals surface area contributed by atoms with E-state index >= 15 is 0 Å². The van der Waals surface area contributed by atoms with Crippen LogP contribution in [0, 0.1) is 0 Å². The van der Waals surface area contributed by atoms with E-state index in [-0.39, 0.29) is 18.5 Å². The molecule has 2 rings (SSSR count). The summed E-state index contributed by atoms with van der Waals surface area (Å²) in [6.07, 6.45) is 1.19. The summed E-state index contributed by atoms with van der Waals surface area (Å²) in [7, 11) is 3.45. The molecule has 0 aromatic heterocycles. The number of rotatable bonds is 3. The largest absolute Gasteiger partial charge is 0.377 e. The number of hydrogen-bond donors (Lipinski definition) is 0. The summed E-state index contributed by atoms with van der Waals surface area (Å²) in [5.41, 5.74) is 0. The molecule has 2 heterocycles. The van der Waals surface area contributed by atoms with Crippen molar-refractivity contribution in [3.63, 3.8) is 0 Å². The Morgan fingerprint density at radius 3 is 2.65 bits per heavy atom. The van der Waals surface area contributed by atoms with Crippen molar-refractivity contribution >= 4 is 0 Å². The molecule has 2 aliphatic heterocycles. The van der Waals surface area contributed by atoms with Crippen LogP contribution in [-0.4, -0.2) is 70.0 Å². The molecular weight excluding hydrogens is 222 g/mol. The summed E-state index contributed by atoms with van der Waals surface area (Å²) in [4.78, 5) is 2.41. The van der Waals surface area contributed by atoms with E-state index in [0.717, 1.165) is 32.7 Å².